The van der Waals surface area contributed by atoms with E-state index >= 15 is 0 Å². The first-order valence-electron chi connectivity index (χ1n) is 7.67. The number of benzene rings is 1. The lowest BCUT2D eigenvalue weighted by Gasteiger charge is -2.13. The van der Waals surface area contributed by atoms with Gasteiger partial charge in [0, 0.05) is 31.6 Å². The minimum atomic E-state index is -0.974. The maximum Gasteiger partial charge on any atom is 0.335 e. The SMILES string of the molecule is CC(=O)N[C@@H]1CCN(Cc2nc(-c3ccc(C(=O)O)cc3)no2)C1. The van der Waals surface area contributed by atoms with Crippen LogP contribution in [0.1, 0.15) is 29.6 Å². The molecular weight excluding hydrogens is 312 g/mol. The Labute approximate surface area is 138 Å². The Hall–Kier alpha value is -2.74. The van der Waals surface area contributed by atoms with Crippen molar-refractivity contribution in [3.05, 3.63) is 35.7 Å². The minimum absolute atomic E-state index is 0.0215. The summed E-state index contributed by atoms with van der Waals surface area (Å²) < 4.78 is 5.27. The first-order chi connectivity index (χ1) is 11.5. The van der Waals surface area contributed by atoms with E-state index in [4.69, 9.17) is 9.63 Å². The Morgan fingerprint density at radius 2 is 2.12 bits per heavy atom. The standard InChI is InChI=1S/C16H18N4O4/c1-10(21)17-13-6-7-20(8-13)9-14-18-15(19-24-14)11-2-4-12(5-3-11)16(22)23/h2-5,13H,6-9H2,1H3,(H,17,21)(H,22,23)/t13-/m1/s1. The van der Waals surface area contributed by atoms with Gasteiger partial charge >= 0.3 is 5.97 Å². The predicted octanol–water partition coefficient (Wildman–Crippen LogP) is 1.15. The molecule has 3 rings (SSSR count). The molecule has 1 aromatic carbocycles. The van der Waals surface area contributed by atoms with Crippen LogP contribution in [0.25, 0.3) is 11.4 Å². The Morgan fingerprint density at radius 3 is 2.79 bits per heavy atom. The molecule has 0 saturated carbocycles. The zero-order valence-electron chi connectivity index (χ0n) is 13.2. The summed E-state index contributed by atoms with van der Waals surface area (Å²) in [6.07, 6.45) is 0.900. The monoisotopic (exact) mass is 330 g/mol. The fourth-order valence-electron chi connectivity index (χ4n) is 2.77. The second kappa shape index (κ2) is 6.79. The quantitative estimate of drug-likeness (QED) is 0.846. The molecule has 0 aliphatic carbocycles. The third-order valence-electron chi connectivity index (χ3n) is 3.90. The van der Waals surface area contributed by atoms with Crippen molar-refractivity contribution in [3.8, 4) is 11.4 Å². The summed E-state index contributed by atoms with van der Waals surface area (Å²) in [4.78, 5) is 28.4. The molecule has 126 valence electrons. The largest absolute Gasteiger partial charge is 0.478 e. The Morgan fingerprint density at radius 1 is 1.38 bits per heavy atom. The molecule has 1 fully saturated rings. The van der Waals surface area contributed by atoms with Crippen LogP contribution >= 0.6 is 0 Å². The molecule has 0 unspecified atom stereocenters. The van der Waals surface area contributed by atoms with Crippen LogP contribution in [-0.2, 0) is 11.3 Å². The topological polar surface area (TPSA) is 109 Å². The van der Waals surface area contributed by atoms with Crippen LogP contribution in [0.3, 0.4) is 0 Å². The smallest absolute Gasteiger partial charge is 0.335 e. The van der Waals surface area contributed by atoms with Crippen LogP contribution in [0.2, 0.25) is 0 Å². The summed E-state index contributed by atoms with van der Waals surface area (Å²) in [6, 6.07) is 6.48. The van der Waals surface area contributed by atoms with Gasteiger partial charge < -0.3 is 14.9 Å². The number of hydrogen-bond donors (Lipinski definition) is 2. The number of aromatic nitrogens is 2. The van der Waals surface area contributed by atoms with E-state index in [0.717, 1.165) is 19.5 Å². The molecular formula is C16H18N4O4. The Kier molecular flexibility index (Phi) is 4.57. The van der Waals surface area contributed by atoms with Crippen molar-refractivity contribution in [1.29, 1.82) is 0 Å². The van der Waals surface area contributed by atoms with Crippen molar-refractivity contribution in [2.24, 2.45) is 0 Å². The molecule has 1 atom stereocenters. The van der Waals surface area contributed by atoms with E-state index in [0.29, 0.717) is 23.8 Å². The van der Waals surface area contributed by atoms with Gasteiger partial charge in [0.2, 0.25) is 17.6 Å². The van der Waals surface area contributed by atoms with Crippen LogP contribution in [0.4, 0.5) is 0 Å². The van der Waals surface area contributed by atoms with Gasteiger partial charge in [0.1, 0.15) is 0 Å². The van der Waals surface area contributed by atoms with E-state index in [-0.39, 0.29) is 17.5 Å². The van der Waals surface area contributed by atoms with Gasteiger partial charge in [-0.05, 0) is 18.6 Å². The lowest BCUT2D eigenvalue weighted by Crippen LogP contribution is -2.35. The number of nitrogens with one attached hydrogen (secondary N) is 1. The Balaban J connectivity index is 1.61. The Bertz CT molecular complexity index is 741. The minimum Gasteiger partial charge on any atom is -0.478 e. The van der Waals surface area contributed by atoms with Crippen LogP contribution in [0.5, 0.6) is 0 Å². The van der Waals surface area contributed by atoms with Crippen molar-refractivity contribution < 1.29 is 19.2 Å². The number of likely N-dealkylation sites (tertiary alicyclic amines) is 1. The summed E-state index contributed by atoms with van der Waals surface area (Å²) >= 11 is 0. The molecule has 0 radical (unpaired) electrons. The summed E-state index contributed by atoms with van der Waals surface area (Å²) in [5.74, 6) is -0.0693. The van der Waals surface area contributed by atoms with E-state index in [1.807, 2.05) is 0 Å². The average Bonchev–Trinajstić information content (AvgIpc) is 3.17. The molecule has 2 heterocycles. The number of carboxylic acids is 1. The van der Waals surface area contributed by atoms with Crippen LogP contribution in [0, 0.1) is 0 Å². The molecule has 1 saturated heterocycles. The highest BCUT2D eigenvalue weighted by atomic mass is 16.5. The van der Waals surface area contributed by atoms with E-state index < -0.39 is 5.97 Å². The second-order valence-electron chi connectivity index (χ2n) is 5.82. The summed E-state index contributed by atoms with van der Waals surface area (Å²) in [6.45, 7) is 3.65. The van der Waals surface area contributed by atoms with Gasteiger partial charge in [-0.25, -0.2) is 4.79 Å². The van der Waals surface area contributed by atoms with Crippen LogP contribution in [0.15, 0.2) is 28.8 Å². The number of amides is 1. The van der Waals surface area contributed by atoms with Crippen molar-refractivity contribution >= 4 is 11.9 Å². The highest BCUT2D eigenvalue weighted by molar-refractivity contribution is 5.88. The van der Waals surface area contributed by atoms with Crippen molar-refractivity contribution in [2.45, 2.75) is 25.9 Å². The van der Waals surface area contributed by atoms with Crippen molar-refractivity contribution in [1.82, 2.24) is 20.4 Å². The van der Waals surface area contributed by atoms with Gasteiger partial charge in [-0.3, -0.25) is 9.69 Å². The third-order valence-corrected chi connectivity index (χ3v) is 3.90. The van der Waals surface area contributed by atoms with E-state index in [1.165, 1.54) is 19.1 Å². The lowest BCUT2D eigenvalue weighted by atomic mass is 10.1. The summed E-state index contributed by atoms with van der Waals surface area (Å²) in [7, 11) is 0. The summed E-state index contributed by atoms with van der Waals surface area (Å²) in [5.41, 5.74) is 0.913. The van der Waals surface area contributed by atoms with E-state index in [1.54, 1.807) is 12.1 Å². The molecule has 8 heteroatoms. The molecule has 2 aromatic rings. The van der Waals surface area contributed by atoms with Gasteiger partial charge in [-0.1, -0.05) is 17.3 Å². The predicted molar refractivity (Wildman–Crippen MR) is 84.2 cm³/mol. The average molecular weight is 330 g/mol. The number of carboxylic acid groups (broad SMARTS) is 1. The highest BCUT2D eigenvalue weighted by Gasteiger charge is 2.24. The fourth-order valence-corrected chi connectivity index (χ4v) is 2.77. The molecule has 0 bridgehead atoms. The van der Waals surface area contributed by atoms with Gasteiger partial charge in [0.05, 0.1) is 12.1 Å². The first kappa shape index (κ1) is 16.1. The molecule has 8 nitrogen and oxygen atoms in total. The zero-order valence-corrected chi connectivity index (χ0v) is 13.2. The van der Waals surface area contributed by atoms with Crippen molar-refractivity contribution in [3.63, 3.8) is 0 Å². The third kappa shape index (κ3) is 3.77. The maximum absolute atomic E-state index is 11.1. The molecule has 1 aromatic heterocycles. The maximum atomic E-state index is 11.1. The van der Waals surface area contributed by atoms with E-state index in [2.05, 4.69) is 20.4 Å². The van der Waals surface area contributed by atoms with Crippen LogP contribution in [-0.4, -0.2) is 51.2 Å². The van der Waals surface area contributed by atoms with Crippen molar-refractivity contribution in [2.75, 3.05) is 13.1 Å². The molecule has 1 aliphatic rings. The second-order valence-corrected chi connectivity index (χ2v) is 5.82. The number of hydrogen-bond acceptors (Lipinski definition) is 6. The van der Waals surface area contributed by atoms with Crippen LogP contribution < -0.4 is 5.32 Å². The number of carbonyl (C=O) groups excluding carboxylic acids is 1. The normalized spacial score (nSPS) is 17.8. The molecule has 1 aliphatic heterocycles. The molecule has 1 amide bonds. The molecule has 0 spiro atoms. The highest BCUT2D eigenvalue weighted by Crippen LogP contribution is 2.18. The fraction of sp³-hybridized carbons (Fsp3) is 0.375. The van der Waals surface area contributed by atoms with Gasteiger partial charge in [0.15, 0.2) is 0 Å². The number of aromatic carboxylic acids is 1. The number of nitrogens with zero attached hydrogens (tertiary/aromatic N) is 3. The number of carbonyl (C=O) groups is 2. The zero-order chi connectivity index (χ0) is 17.1. The van der Waals surface area contributed by atoms with Gasteiger partial charge in [-0.15, -0.1) is 0 Å². The van der Waals surface area contributed by atoms with Gasteiger partial charge in [-0.2, -0.15) is 4.98 Å². The summed E-state index contributed by atoms with van der Waals surface area (Å²) in [5, 5.41) is 15.8. The lowest BCUT2D eigenvalue weighted by molar-refractivity contribution is -0.119. The molecule has 24 heavy (non-hydrogen) atoms. The molecule has 2 N–H and O–H groups in total. The van der Waals surface area contributed by atoms with E-state index in [9.17, 15) is 9.59 Å². The first-order valence-corrected chi connectivity index (χ1v) is 7.67. The van der Waals surface area contributed by atoms with Gasteiger partial charge in [0.25, 0.3) is 0 Å². The number of rotatable bonds is 5.